The number of ether oxygens (including phenoxy) is 1. The summed E-state index contributed by atoms with van der Waals surface area (Å²) in [5.41, 5.74) is 2.55. The number of carboxylic acid groups (broad SMARTS) is 1. The van der Waals surface area contributed by atoms with Crippen molar-refractivity contribution in [3.8, 4) is 5.75 Å². The van der Waals surface area contributed by atoms with Crippen molar-refractivity contribution in [1.82, 2.24) is 0 Å². The second-order valence-electron chi connectivity index (χ2n) is 6.84. The number of carbonyl (C=O) groups is 1. The summed E-state index contributed by atoms with van der Waals surface area (Å²) in [6.07, 6.45) is 4.79. The Morgan fingerprint density at radius 1 is 0.852 bits per heavy atom. The Hall–Kier alpha value is -2.81. The third-order valence-electron chi connectivity index (χ3n) is 4.77. The van der Waals surface area contributed by atoms with Gasteiger partial charge < -0.3 is 9.84 Å². The number of benzene rings is 3. The summed E-state index contributed by atoms with van der Waals surface area (Å²) in [5.74, 6) is 0.190. The maximum Gasteiger partial charge on any atom is 0.303 e. The average molecular weight is 362 g/mol. The summed E-state index contributed by atoms with van der Waals surface area (Å²) in [5, 5.41) is 11.2. The Morgan fingerprint density at radius 3 is 2.56 bits per heavy atom. The van der Waals surface area contributed by atoms with Crippen molar-refractivity contribution >= 4 is 16.7 Å². The van der Waals surface area contributed by atoms with Crippen LogP contribution in [0.4, 0.5) is 0 Å². The summed E-state index contributed by atoms with van der Waals surface area (Å²) in [6.45, 7) is 0.649. The highest BCUT2D eigenvalue weighted by atomic mass is 16.5. The quantitative estimate of drug-likeness (QED) is 0.474. The van der Waals surface area contributed by atoms with Crippen molar-refractivity contribution in [2.75, 3.05) is 6.61 Å². The molecule has 27 heavy (non-hydrogen) atoms. The fraction of sp³-hybridized carbons (Fsp3) is 0.292. The molecule has 0 radical (unpaired) electrons. The van der Waals surface area contributed by atoms with Gasteiger partial charge in [0.2, 0.25) is 0 Å². The van der Waals surface area contributed by atoms with Crippen LogP contribution in [0.5, 0.6) is 5.75 Å². The van der Waals surface area contributed by atoms with E-state index in [1.54, 1.807) is 0 Å². The van der Waals surface area contributed by atoms with E-state index in [0.29, 0.717) is 6.61 Å². The molecule has 1 N–H and O–H groups in total. The van der Waals surface area contributed by atoms with E-state index >= 15 is 0 Å². The van der Waals surface area contributed by atoms with E-state index in [4.69, 9.17) is 9.84 Å². The lowest BCUT2D eigenvalue weighted by atomic mass is 10.0. The third kappa shape index (κ3) is 5.85. The van der Waals surface area contributed by atoms with E-state index in [1.165, 1.54) is 21.9 Å². The van der Waals surface area contributed by atoms with Crippen molar-refractivity contribution in [2.24, 2.45) is 0 Å². The molecule has 3 aromatic carbocycles. The molecule has 0 saturated heterocycles. The summed E-state index contributed by atoms with van der Waals surface area (Å²) in [4.78, 5) is 10.5. The van der Waals surface area contributed by atoms with E-state index in [1.807, 2.05) is 12.1 Å². The number of hydrogen-bond donors (Lipinski definition) is 1. The van der Waals surface area contributed by atoms with E-state index in [0.717, 1.165) is 37.9 Å². The van der Waals surface area contributed by atoms with Crippen LogP contribution in [0.2, 0.25) is 0 Å². The second-order valence-corrected chi connectivity index (χ2v) is 6.84. The lowest BCUT2D eigenvalue weighted by Gasteiger charge is -2.10. The Morgan fingerprint density at radius 2 is 1.67 bits per heavy atom. The molecular formula is C24H26O3. The topological polar surface area (TPSA) is 46.5 Å². The number of unbranched alkanes of at least 4 members (excludes halogenated alkanes) is 2. The molecule has 0 atom stereocenters. The van der Waals surface area contributed by atoms with Gasteiger partial charge in [-0.2, -0.15) is 0 Å². The van der Waals surface area contributed by atoms with Crippen LogP contribution in [0.1, 0.15) is 36.8 Å². The van der Waals surface area contributed by atoms with Gasteiger partial charge in [0.1, 0.15) is 5.75 Å². The molecule has 3 aromatic rings. The Bertz CT molecular complexity index is 880. The molecule has 0 spiro atoms. The van der Waals surface area contributed by atoms with Gasteiger partial charge in [0, 0.05) is 12.8 Å². The highest BCUT2D eigenvalue weighted by molar-refractivity contribution is 5.85. The van der Waals surface area contributed by atoms with Crippen LogP contribution in [0, 0.1) is 0 Å². The molecule has 3 nitrogen and oxygen atoms in total. The van der Waals surface area contributed by atoms with Crippen molar-refractivity contribution < 1.29 is 14.6 Å². The fourth-order valence-corrected chi connectivity index (χ4v) is 3.36. The highest BCUT2D eigenvalue weighted by Gasteiger charge is 2.02. The normalized spacial score (nSPS) is 10.8. The van der Waals surface area contributed by atoms with E-state index in [2.05, 4.69) is 54.6 Å². The van der Waals surface area contributed by atoms with Gasteiger partial charge in [0.25, 0.3) is 0 Å². The van der Waals surface area contributed by atoms with Crippen LogP contribution in [0.25, 0.3) is 10.8 Å². The third-order valence-corrected chi connectivity index (χ3v) is 4.77. The van der Waals surface area contributed by atoms with E-state index in [-0.39, 0.29) is 6.42 Å². The predicted octanol–water partition coefficient (Wildman–Crippen LogP) is 5.65. The van der Waals surface area contributed by atoms with Gasteiger partial charge in [-0.15, -0.1) is 0 Å². The first kappa shape index (κ1) is 19.0. The molecule has 0 aliphatic rings. The highest BCUT2D eigenvalue weighted by Crippen LogP contribution is 2.20. The molecule has 0 fully saturated rings. The average Bonchev–Trinajstić information content (AvgIpc) is 2.68. The summed E-state index contributed by atoms with van der Waals surface area (Å²) in [7, 11) is 0. The lowest BCUT2D eigenvalue weighted by Crippen LogP contribution is -2.02. The van der Waals surface area contributed by atoms with Gasteiger partial charge in [0.05, 0.1) is 6.61 Å². The minimum absolute atomic E-state index is 0.261. The first-order valence-electron chi connectivity index (χ1n) is 9.62. The maximum absolute atomic E-state index is 10.5. The van der Waals surface area contributed by atoms with Gasteiger partial charge in [0.15, 0.2) is 0 Å². The van der Waals surface area contributed by atoms with Crippen molar-refractivity contribution in [3.05, 3.63) is 77.9 Å². The van der Waals surface area contributed by atoms with Crippen LogP contribution in [-0.2, 0) is 17.6 Å². The zero-order valence-corrected chi connectivity index (χ0v) is 15.6. The molecule has 0 heterocycles. The summed E-state index contributed by atoms with van der Waals surface area (Å²) in [6, 6.07) is 23.1. The van der Waals surface area contributed by atoms with Gasteiger partial charge in [-0.25, -0.2) is 0 Å². The smallest absolute Gasteiger partial charge is 0.303 e. The lowest BCUT2D eigenvalue weighted by molar-refractivity contribution is -0.137. The number of rotatable bonds is 10. The molecule has 0 aliphatic carbocycles. The molecule has 0 bridgehead atoms. The number of aryl methyl sites for hydroxylation is 1. The second kappa shape index (κ2) is 9.77. The Kier molecular flexibility index (Phi) is 6.86. The van der Waals surface area contributed by atoms with Crippen molar-refractivity contribution in [2.45, 2.75) is 38.5 Å². The van der Waals surface area contributed by atoms with Crippen LogP contribution in [0.15, 0.2) is 66.7 Å². The zero-order chi connectivity index (χ0) is 18.9. The standard InChI is InChI=1S/C24H26O3/c25-24(26)15-3-1-2-8-19-9-6-13-22(18-19)27-17-16-21-12-7-11-20-10-4-5-14-23(20)21/h4-7,9-14,18H,1-3,8,15-17H2,(H,25,26). The first-order chi connectivity index (χ1) is 13.2. The Balaban J connectivity index is 1.49. The molecule has 3 rings (SSSR count). The minimum Gasteiger partial charge on any atom is -0.493 e. The van der Waals surface area contributed by atoms with Crippen LogP contribution >= 0.6 is 0 Å². The van der Waals surface area contributed by atoms with Gasteiger partial charge in [-0.05, 0) is 53.3 Å². The zero-order valence-electron chi connectivity index (χ0n) is 15.6. The molecule has 3 heteroatoms. The number of hydrogen-bond acceptors (Lipinski definition) is 2. The SMILES string of the molecule is O=C(O)CCCCCc1cccc(OCCc2cccc3ccccc23)c1. The fourth-order valence-electron chi connectivity index (χ4n) is 3.36. The number of carboxylic acids is 1. The predicted molar refractivity (Wildman–Crippen MR) is 109 cm³/mol. The van der Waals surface area contributed by atoms with Gasteiger partial charge in [-0.1, -0.05) is 61.0 Å². The van der Waals surface area contributed by atoms with Crippen LogP contribution in [0.3, 0.4) is 0 Å². The largest absolute Gasteiger partial charge is 0.493 e. The Labute approximate surface area is 160 Å². The van der Waals surface area contributed by atoms with Crippen LogP contribution < -0.4 is 4.74 Å². The number of fused-ring (bicyclic) bond motifs is 1. The molecule has 0 unspecified atom stereocenters. The van der Waals surface area contributed by atoms with Gasteiger partial charge in [-0.3, -0.25) is 4.79 Å². The molecule has 0 aromatic heterocycles. The van der Waals surface area contributed by atoms with Crippen molar-refractivity contribution in [3.63, 3.8) is 0 Å². The summed E-state index contributed by atoms with van der Waals surface area (Å²) >= 11 is 0. The molecule has 0 saturated carbocycles. The first-order valence-corrected chi connectivity index (χ1v) is 9.62. The molecule has 0 aliphatic heterocycles. The monoisotopic (exact) mass is 362 g/mol. The van der Waals surface area contributed by atoms with E-state index < -0.39 is 5.97 Å². The number of aliphatic carboxylic acids is 1. The summed E-state index contributed by atoms with van der Waals surface area (Å²) < 4.78 is 5.98. The van der Waals surface area contributed by atoms with E-state index in [9.17, 15) is 4.79 Å². The molecule has 0 amide bonds. The minimum atomic E-state index is -0.711. The van der Waals surface area contributed by atoms with Gasteiger partial charge >= 0.3 is 5.97 Å². The molecule has 140 valence electrons. The van der Waals surface area contributed by atoms with Crippen molar-refractivity contribution in [1.29, 1.82) is 0 Å². The maximum atomic E-state index is 10.5. The van der Waals surface area contributed by atoms with Crippen LogP contribution in [-0.4, -0.2) is 17.7 Å². The molecular weight excluding hydrogens is 336 g/mol.